The second-order valence-electron chi connectivity index (χ2n) is 22.8. The van der Waals surface area contributed by atoms with Gasteiger partial charge in [-0.05, 0) is 165 Å². The zero-order valence-corrected chi connectivity index (χ0v) is 41.3. The zero-order chi connectivity index (χ0) is 45.9. The van der Waals surface area contributed by atoms with Crippen LogP contribution in [0, 0.1) is 47.3 Å². The first kappa shape index (κ1) is 42.3. The largest absolute Gasteiger partial charge is 0.366 e. The Balaban J connectivity index is 0.740. The van der Waals surface area contributed by atoms with Gasteiger partial charge in [0.15, 0.2) is 0 Å². The summed E-state index contributed by atoms with van der Waals surface area (Å²) in [6.45, 7) is 0. The van der Waals surface area contributed by atoms with E-state index in [2.05, 4.69) is 174 Å². The first-order valence-corrected chi connectivity index (χ1v) is 28.3. The average Bonchev–Trinajstić information content (AvgIpc) is 4.18. The van der Waals surface area contributed by atoms with Crippen LogP contribution in [0.15, 0.2) is 203 Å². The smallest absolute Gasteiger partial charge is 0.0833 e. The van der Waals surface area contributed by atoms with E-state index in [1.54, 1.807) is 32.9 Å². The molecule has 0 spiro atoms. The summed E-state index contributed by atoms with van der Waals surface area (Å²) in [5.74, 6) is 4.03. The third-order valence-electron chi connectivity index (χ3n) is 19.2. The molecule has 1 fully saturated rings. The quantitative estimate of drug-likeness (QED) is 0.269. The SMILES string of the molecule is C1=CCC(C2C=CC3=C(C2)C2C=C(C4C=C(C5=CC6C7=C(CCC(C8=CCCC=C8)C7)N(C7C=CC8O[C@H]9C=CC=CC9C8C7)C6CC5)C=CC4)C=CC2N3c2ccc3sc4c(c3c2)C=CCC4)C=C1. The molecule has 15 rings (SSSR count). The molecule has 4 heteroatoms. The predicted molar refractivity (Wildman–Crippen MR) is 291 cm³/mol. The highest BCUT2D eigenvalue weighted by atomic mass is 32.1. The van der Waals surface area contributed by atoms with Crippen molar-refractivity contribution in [2.45, 2.75) is 114 Å². The van der Waals surface area contributed by atoms with E-state index >= 15 is 0 Å². The number of allylic oxidation sites excluding steroid dienone is 21. The molecular formula is C66H66N2OS. The highest BCUT2D eigenvalue weighted by Gasteiger charge is 2.50. The summed E-state index contributed by atoms with van der Waals surface area (Å²) in [5.41, 5.74) is 15.5. The first-order chi connectivity index (χ1) is 34.7. The Bertz CT molecular complexity index is 3060. The Morgan fingerprint density at radius 1 is 0.657 bits per heavy atom. The molecule has 10 aliphatic carbocycles. The van der Waals surface area contributed by atoms with Gasteiger partial charge in [0.05, 0.1) is 18.2 Å². The van der Waals surface area contributed by atoms with Crippen molar-refractivity contribution in [3.8, 4) is 0 Å². The lowest BCUT2D eigenvalue weighted by molar-refractivity contribution is 0.0735. The van der Waals surface area contributed by atoms with Crippen LogP contribution in [-0.4, -0.2) is 35.2 Å². The van der Waals surface area contributed by atoms with Gasteiger partial charge in [-0.15, -0.1) is 11.3 Å². The van der Waals surface area contributed by atoms with Crippen LogP contribution >= 0.6 is 11.3 Å². The lowest BCUT2D eigenvalue weighted by Gasteiger charge is -2.43. The summed E-state index contributed by atoms with van der Waals surface area (Å²) in [6.07, 6.45) is 74.9. The van der Waals surface area contributed by atoms with Gasteiger partial charge in [0, 0.05) is 73.7 Å². The number of hydrogen-bond donors (Lipinski definition) is 0. The molecule has 0 N–H and O–H groups in total. The number of anilines is 1. The van der Waals surface area contributed by atoms with Crippen LogP contribution in [0.2, 0.25) is 0 Å². The van der Waals surface area contributed by atoms with Crippen molar-refractivity contribution in [2.75, 3.05) is 4.90 Å². The van der Waals surface area contributed by atoms with Gasteiger partial charge < -0.3 is 14.5 Å². The van der Waals surface area contributed by atoms with Crippen molar-refractivity contribution >= 4 is 33.2 Å². The van der Waals surface area contributed by atoms with Gasteiger partial charge in [-0.1, -0.05) is 140 Å². The van der Waals surface area contributed by atoms with Crippen molar-refractivity contribution in [2.24, 2.45) is 47.3 Å². The minimum atomic E-state index is 0.232. The van der Waals surface area contributed by atoms with Crippen LogP contribution in [0.1, 0.15) is 87.5 Å². The number of benzene rings is 1. The molecule has 70 heavy (non-hydrogen) atoms. The molecule has 1 aromatic carbocycles. The van der Waals surface area contributed by atoms with Crippen LogP contribution in [0.5, 0.6) is 0 Å². The summed E-state index contributed by atoms with van der Waals surface area (Å²) >= 11 is 2.00. The van der Waals surface area contributed by atoms with Crippen LogP contribution in [0.25, 0.3) is 16.2 Å². The van der Waals surface area contributed by atoms with E-state index < -0.39 is 0 Å². The number of fused-ring (bicyclic) bond motifs is 10. The van der Waals surface area contributed by atoms with Crippen molar-refractivity contribution in [1.29, 1.82) is 0 Å². The Morgan fingerprint density at radius 3 is 2.56 bits per heavy atom. The summed E-state index contributed by atoms with van der Waals surface area (Å²) in [4.78, 5) is 7.25. The van der Waals surface area contributed by atoms with Gasteiger partial charge in [-0.3, -0.25) is 0 Å². The molecule has 3 nitrogen and oxygen atoms in total. The van der Waals surface area contributed by atoms with Gasteiger partial charge in [0.2, 0.25) is 0 Å². The van der Waals surface area contributed by atoms with E-state index in [1.165, 1.54) is 89.5 Å². The average molecular weight is 935 g/mol. The highest BCUT2D eigenvalue weighted by molar-refractivity contribution is 7.19. The first-order valence-electron chi connectivity index (χ1n) is 27.5. The Labute approximate surface area is 419 Å². The van der Waals surface area contributed by atoms with Gasteiger partial charge in [0.25, 0.3) is 0 Å². The second kappa shape index (κ2) is 17.1. The second-order valence-corrected chi connectivity index (χ2v) is 23.9. The van der Waals surface area contributed by atoms with Gasteiger partial charge in [-0.2, -0.15) is 0 Å². The summed E-state index contributed by atoms with van der Waals surface area (Å²) in [7, 11) is 0. The third-order valence-corrected chi connectivity index (χ3v) is 20.4. The van der Waals surface area contributed by atoms with E-state index in [0.29, 0.717) is 59.4 Å². The van der Waals surface area contributed by atoms with Crippen LogP contribution in [-0.2, 0) is 11.2 Å². The fourth-order valence-electron chi connectivity index (χ4n) is 15.8. The predicted octanol–water partition coefficient (Wildman–Crippen LogP) is 15.4. The molecular weight excluding hydrogens is 869 g/mol. The Hall–Kier alpha value is -5.42. The van der Waals surface area contributed by atoms with E-state index in [9.17, 15) is 0 Å². The molecule has 0 amide bonds. The standard InChI is InChI=1S/C66H66N2OS/c1-3-12-41(13-4-1)45-22-28-59-53(35-45)55-37-47(24-30-61(55)67(59)49-26-32-64-57(39-49)51-18-7-9-20-63(51)69-64)43-16-11-17-44(34-43)48-25-31-62-56(38-48)54-36-46(42-14-5-2-6-15-42)23-29-60(54)68(62)50-27-33-66-58(40-50)52-19-8-10-21-65(52)70-66/h2-3,5-9,11-14,16,18-20,23,25-27,29,31-34,37-38,40,42,44-46,49,51,55-57,61-64H,1,4,10,15,17,21-22,24,28,30,35-36,39H2/t42?,44?,45?,46?,49?,51?,55?,56?,57?,61?,62?,63-,64?/m0/s1. The molecule has 3 aliphatic heterocycles. The molecule has 13 aliphatic rings. The van der Waals surface area contributed by atoms with E-state index in [0.717, 1.165) is 32.1 Å². The fourth-order valence-corrected chi connectivity index (χ4v) is 17.0. The Morgan fingerprint density at radius 2 is 1.61 bits per heavy atom. The molecule has 0 radical (unpaired) electrons. The number of rotatable bonds is 6. The summed E-state index contributed by atoms with van der Waals surface area (Å²) in [5, 5.41) is 1.43. The molecule has 13 atom stereocenters. The van der Waals surface area contributed by atoms with Crippen LogP contribution in [0.4, 0.5) is 5.69 Å². The Kier molecular flexibility index (Phi) is 10.3. The number of hydrogen-bond acceptors (Lipinski definition) is 4. The van der Waals surface area contributed by atoms with E-state index in [1.807, 2.05) is 11.3 Å². The maximum absolute atomic E-state index is 6.62. The van der Waals surface area contributed by atoms with Gasteiger partial charge >= 0.3 is 0 Å². The molecule has 1 aromatic heterocycles. The molecule has 2 aromatic rings. The molecule has 1 saturated heterocycles. The normalized spacial score (nSPS) is 37.2. The van der Waals surface area contributed by atoms with Crippen LogP contribution < -0.4 is 4.90 Å². The van der Waals surface area contributed by atoms with E-state index in [-0.39, 0.29) is 18.2 Å². The minimum absolute atomic E-state index is 0.232. The van der Waals surface area contributed by atoms with Crippen molar-refractivity contribution < 1.29 is 4.74 Å². The summed E-state index contributed by atoms with van der Waals surface area (Å²) in [6, 6.07) is 8.63. The molecule has 352 valence electrons. The minimum Gasteiger partial charge on any atom is -0.366 e. The van der Waals surface area contributed by atoms with Crippen molar-refractivity contribution in [1.82, 2.24) is 4.90 Å². The number of aryl methyl sites for hydroxylation is 1. The molecule has 0 bridgehead atoms. The maximum atomic E-state index is 6.62. The van der Waals surface area contributed by atoms with Crippen molar-refractivity contribution in [3.63, 3.8) is 0 Å². The fraction of sp³-hybridized carbons (Fsp3) is 0.394. The lowest BCUT2D eigenvalue weighted by atomic mass is 9.73. The molecule has 4 heterocycles. The number of ether oxygens (including phenoxy) is 1. The third kappa shape index (κ3) is 6.97. The topological polar surface area (TPSA) is 15.7 Å². The lowest BCUT2D eigenvalue weighted by Crippen LogP contribution is -2.45. The summed E-state index contributed by atoms with van der Waals surface area (Å²) < 4.78 is 8.04. The number of nitrogens with zero attached hydrogens (tertiary/aromatic N) is 2. The number of thiophene rings is 1. The zero-order valence-electron chi connectivity index (χ0n) is 40.5. The molecule has 12 unspecified atom stereocenters. The maximum Gasteiger partial charge on any atom is 0.0833 e. The van der Waals surface area contributed by atoms with Gasteiger partial charge in [-0.25, -0.2) is 0 Å². The highest BCUT2D eigenvalue weighted by Crippen LogP contribution is 2.55. The van der Waals surface area contributed by atoms with Crippen LogP contribution in [0.3, 0.4) is 0 Å². The monoisotopic (exact) mass is 934 g/mol. The van der Waals surface area contributed by atoms with Crippen molar-refractivity contribution in [3.05, 3.63) is 213 Å². The molecule has 0 saturated carbocycles. The van der Waals surface area contributed by atoms with Gasteiger partial charge in [0.1, 0.15) is 0 Å². The van der Waals surface area contributed by atoms with E-state index in [4.69, 9.17) is 4.74 Å².